The van der Waals surface area contributed by atoms with Gasteiger partial charge in [0.05, 0.1) is 10.2 Å². The molecule has 0 atom stereocenters. The number of rotatable bonds is 4. The second-order valence-electron chi connectivity index (χ2n) is 7.13. The minimum Gasteiger partial charge on any atom is -0.316 e. The molecule has 0 aliphatic heterocycles. The second-order valence-corrected chi connectivity index (χ2v) is 8.14. The predicted octanol–water partition coefficient (Wildman–Crippen LogP) is 5.59. The van der Waals surface area contributed by atoms with Crippen molar-refractivity contribution in [3.8, 4) is 0 Å². The summed E-state index contributed by atoms with van der Waals surface area (Å²) in [5.41, 5.74) is 5.43. The minimum absolute atomic E-state index is 0.173. The van der Waals surface area contributed by atoms with Crippen molar-refractivity contribution in [3.63, 3.8) is 0 Å². The van der Waals surface area contributed by atoms with Gasteiger partial charge < -0.3 is 4.57 Å². The van der Waals surface area contributed by atoms with Crippen LogP contribution < -0.4 is 4.80 Å². The first kappa shape index (κ1) is 18.6. The third-order valence-electron chi connectivity index (χ3n) is 4.77. The van der Waals surface area contributed by atoms with Crippen LogP contribution in [0.3, 0.4) is 0 Å². The van der Waals surface area contributed by atoms with E-state index in [1.807, 2.05) is 32.0 Å². The van der Waals surface area contributed by atoms with E-state index < -0.39 is 0 Å². The molecule has 0 radical (unpaired) electrons. The number of amides is 1. The van der Waals surface area contributed by atoms with Crippen molar-refractivity contribution in [2.75, 3.05) is 0 Å². The van der Waals surface area contributed by atoms with Crippen molar-refractivity contribution in [1.29, 1.82) is 0 Å². The third-order valence-corrected chi connectivity index (χ3v) is 5.81. The summed E-state index contributed by atoms with van der Waals surface area (Å²) >= 11 is 1.60. The summed E-state index contributed by atoms with van der Waals surface area (Å²) in [7, 11) is 0. The van der Waals surface area contributed by atoms with Gasteiger partial charge in [-0.2, -0.15) is 4.99 Å². The molecule has 3 nitrogen and oxygen atoms in total. The standard InChI is InChI=1S/C22H26N2OS/c1-6-11-24-19-10-9-17(14(2)3)13-20(19)26-22(24)23-21(25)18-8-7-15(4)16(5)12-18/h7-10,12-14H,6,11H2,1-5H3. The van der Waals surface area contributed by atoms with E-state index in [1.165, 1.54) is 15.8 Å². The fourth-order valence-corrected chi connectivity index (χ4v) is 4.10. The first-order valence-corrected chi connectivity index (χ1v) is 10.0. The molecule has 4 heteroatoms. The quantitative estimate of drug-likeness (QED) is 0.592. The fourth-order valence-electron chi connectivity index (χ4n) is 3.00. The van der Waals surface area contributed by atoms with Gasteiger partial charge in [0.1, 0.15) is 0 Å². The summed E-state index contributed by atoms with van der Waals surface area (Å²) in [6, 6.07) is 12.4. The van der Waals surface area contributed by atoms with Crippen LogP contribution in [0.5, 0.6) is 0 Å². The number of carbonyl (C=O) groups excluding carboxylic acids is 1. The molecule has 0 unspecified atom stereocenters. The van der Waals surface area contributed by atoms with E-state index in [0.717, 1.165) is 28.8 Å². The van der Waals surface area contributed by atoms with Crippen LogP contribution >= 0.6 is 11.3 Å². The highest BCUT2D eigenvalue weighted by Crippen LogP contribution is 2.24. The fraction of sp³-hybridized carbons (Fsp3) is 0.364. The Morgan fingerprint density at radius 3 is 2.54 bits per heavy atom. The van der Waals surface area contributed by atoms with E-state index in [-0.39, 0.29) is 5.91 Å². The van der Waals surface area contributed by atoms with Gasteiger partial charge in [-0.25, -0.2) is 0 Å². The monoisotopic (exact) mass is 366 g/mol. The minimum atomic E-state index is -0.173. The van der Waals surface area contributed by atoms with Crippen molar-refractivity contribution >= 4 is 27.5 Å². The van der Waals surface area contributed by atoms with Crippen LogP contribution in [0, 0.1) is 13.8 Å². The third kappa shape index (κ3) is 3.65. The Balaban J connectivity index is 2.12. The predicted molar refractivity (Wildman–Crippen MR) is 110 cm³/mol. The number of aromatic nitrogens is 1. The summed E-state index contributed by atoms with van der Waals surface area (Å²) in [4.78, 5) is 18.0. The van der Waals surface area contributed by atoms with E-state index in [2.05, 4.69) is 48.5 Å². The van der Waals surface area contributed by atoms with Gasteiger partial charge in [0.2, 0.25) is 0 Å². The molecule has 0 fully saturated rings. The number of nitrogens with zero attached hydrogens (tertiary/aromatic N) is 2. The number of hydrogen-bond acceptors (Lipinski definition) is 2. The van der Waals surface area contributed by atoms with Gasteiger partial charge in [0.25, 0.3) is 5.91 Å². The van der Waals surface area contributed by atoms with Gasteiger partial charge >= 0.3 is 0 Å². The van der Waals surface area contributed by atoms with E-state index in [9.17, 15) is 4.79 Å². The molecule has 0 saturated heterocycles. The lowest BCUT2D eigenvalue weighted by atomic mass is 10.0. The number of carbonyl (C=O) groups is 1. The van der Waals surface area contributed by atoms with Crippen molar-refractivity contribution < 1.29 is 4.79 Å². The molecule has 1 aromatic heterocycles. The van der Waals surface area contributed by atoms with E-state index in [4.69, 9.17) is 0 Å². The van der Waals surface area contributed by atoms with E-state index in [1.54, 1.807) is 11.3 Å². The molecular formula is C22H26N2OS. The topological polar surface area (TPSA) is 34.4 Å². The van der Waals surface area contributed by atoms with Crippen molar-refractivity contribution in [2.24, 2.45) is 4.99 Å². The summed E-state index contributed by atoms with van der Waals surface area (Å²) in [5.74, 6) is 0.312. The van der Waals surface area contributed by atoms with Crippen LogP contribution in [0.25, 0.3) is 10.2 Å². The van der Waals surface area contributed by atoms with Crippen molar-refractivity contribution in [1.82, 2.24) is 4.57 Å². The Hall–Kier alpha value is -2.20. The Bertz CT molecular complexity index is 1020. The summed E-state index contributed by atoms with van der Waals surface area (Å²) in [6.07, 6.45) is 1.00. The molecule has 0 bridgehead atoms. The van der Waals surface area contributed by atoms with Gasteiger partial charge in [-0.05, 0) is 67.1 Å². The van der Waals surface area contributed by atoms with Crippen LogP contribution in [-0.2, 0) is 6.54 Å². The lowest BCUT2D eigenvalue weighted by Gasteiger charge is -2.06. The number of hydrogen-bond donors (Lipinski definition) is 0. The summed E-state index contributed by atoms with van der Waals surface area (Å²) in [6.45, 7) is 11.5. The number of benzene rings is 2. The highest BCUT2D eigenvalue weighted by atomic mass is 32.1. The molecule has 1 amide bonds. The first-order valence-electron chi connectivity index (χ1n) is 9.20. The average Bonchev–Trinajstić information content (AvgIpc) is 2.94. The van der Waals surface area contributed by atoms with Gasteiger partial charge in [-0.15, -0.1) is 0 Å². The first-order chi connectivity index (χ1) is 12.4. The van der Waals surface area contributed by atoms with Gasteiger partial charge in [-0.1, -0.05) is 44.2 Å². The molecule has 0 aliphatic carbocycles. The van der Waals surface area contributed by atoms with Crippen molar-refractivity contribution in [2.45, 2.75) is 53.5 Å². The van der Waals surface area contributed by atoms with Gasteiger partial charge in [0, 0.05) is 12.1 Å². The highest BCUT2D eigenvalue weighted by Gasteiger charge is 2.11. The van der Waals surface area contributed by atoms with Crippen LogP contribution in [0.4, 0.5) is 0 Å². The number of fused-ring (bicyclic) bond motifs is 1. The maximum atomic E-state index is 12.7. The normalized spacial score (nSPS) is 12.3. The Morgan fingerprint density at radius 2 is 1.88 bits per heavy atom. The molecule has 0 aliphatic rings. The molecule has 26 heavy (non-hydrogen) atoms. The largest absolute Gasteiger partial charge is 0.316 e. The molecule has 1 heterocycles. The van der Waals surface area contributed by atoms with Gasteiger partial charge in [0.15, 0.2) is 4.80 Å². The maximum Gasteiger partial charge on any atom is 0.279 e. The lowest BCUT2D eigenvalue weighted by Crippen LogP contribution is -2.17. The van der Waals surface area contributed by atoms with E-state index >= 15 is 0 Å². The average molecular weight is 367 g/mol. The lowest BCUT2D eigenvalue weighted by molar-refractivity contribution is 0.0997. The Kier molecular flexibility index (Phi) is 5.42. The van der Waals surface area contributed by atoms with Crippen LogP contribution in [0.1, 0.15) is 60.2 Å². The summed E-state index contributed by atoms with van der Waals surface area (Å²) < 4.78 is 3.36. The SMILES string of the molecule is CCCn1c(=NC(=O)c2ccc(C)c(C)c2)sc2cc(C(C)C)ccc21. The van der Waals surface area contributed by atoms with Crippen LogP contribution in [0.15, 0.2) is 41.4 Å². The molecule has 3 aromatic rings. The molecule has 3 rings (SSSR count). The van der Waals surface area contributed by atoms with Gasteiger partial charge in [-0.3, -0.25) is 4.79 Å². The molecule has 2 aromatic carbocycles. The zero-order valence-electron chi connectivity index (χ0n) is 16.2. The molecule has 0 saturated carbocycles. The summed E-state index contributed by atoms with van der Waals surface area (Å²) in [5, 5.41) is 0. The van der Waals surface area contributed by atoms with Crippen molar-refractivity contribution in [3.05, 3.63) is 63.5 Å². The number of aryl methyl sites for hydroxylation is 3. The zero-order chi connectivity index (χ0) is 18.8. The Labute approximate surface area is 159 Å². The molecule has 0 spiro atoms. The smallest absolute Gasteiger partial charge is 0.279 e. The molecule has 0 N–H and O–H groups in total. The highest BCUT2D eigenvalue weighted by molar-refractivity contribution is 7.16. The van der Waals surface area contributed by atoms with Crippen LogP contribution in [0.2, 0.25) is 0 Å². The van der Waals surface area contributed by atoms with Crippen LogP contribution in [-0.4, -0.2) is 10.5 Å². The Morgan fingerprint density at radius 1 is 1.12 bits per heavy atom. The zero-order valence-corrected chi connectivity index (χ0v) is 17.0. The second kappa shape index (κ2) is 7.58. The van der Waals surface area contributed by atoms with E-state index in [0.29, 0.717) is 11.5 Å². The maximum absolute atomic E-state index is 12.7. The number of thiazole rings is 1. The molecular weight excluding hydrogens is 340 g/mol. The molecule has 136 valence electrons.